The molecule has 0 aromatic carbocycles. The van der Waals surface area contributed by atoms with Gasteiger partial charge < -0.3 is 4.74 Å². The first-order valence-corrected chi connectivity index (χ1v) is 4.90. The van der Waals surface area contributed by atoms with E-state index in [9.17, 15) is 4.79 Å². The van der Waals surface area contributed by atoms with Crippen molar-refractivity contribution in [2.45, 2.75) is 26.2 Å². The van der Waals surface area contributed by atoms with Gasteiger partial charge in [-0.15, -0.1) is 0 Å². The molecule has 0 aromatic heterocycles. The molecular formula is C10H14O2. The molecule has 3 rings (SSSR count). The van der Waals surface area contributed by atoms with Crippen LogP contribution in [0.2, 0.25) is 0 Å². The standard InChI is InChI=1S/C10H14O2/c1-10-7-3-2-6(4-7)8(10)5-12-9(10)11/h6-8H,2-5H2,1H3/t6?,7?,8-,10+/m0/s1. The molecule has 3 aliphatic rings. The molecule has 2 saturated carbocycles. The predicted molar refractivity (Wildman–Crippen MR) is 43.4 cm³/mol. The van der Waals surface area contributed by atoms with E-state index in [1.165, 1.54) is 19.3 Å². The second-order valence-corrected chi connectivity index (χ2v) is 4.76. The van der Waals surface area contributed by atoms with Gasteiger partial charge in [-0.25, -0.2) is 0 Å². The number of hydrogen-bond donors (Lipinski definition) is 0. The monoisotopic (exact) mass is 166 g/mol. The van der Waals surface area contributed by atoms with Gasteiger partial charge in [-0.3, -0.25) is 4.79 Å². The maximum Gasteiger partial charge on any atom is 0.312 e. The molecule has 1 saturated heterocycles. The summed E-state index contributed by atoms with van der Waals surface area (Å²) in [6.45, 7) is 2.83. The van der Waals surface area contributed by atoms with Gasteiger partial charge in [0.2, 0.25) is 0 Å². The van der Waals surface area contributed by atoms with Crippen molar-refractivity contribution >= 4 is 5.97 Å². The molecule has 2 nitrogen and oxygen atoms in total. The Balaban J connectivity index is 2.06. The van der Waals surface area contributed by atoms with Crippen LogP contribution in [0.4, 0.5) is 0 Å². The van der Waals surface area contributed by atoms with E-state index in [0.717, 1.165) is 5.92 Å². The van der Waals surface area contributed by atoms with Gasteiger partial charge in [0, 0.05) is 5.92 Å². The largest absolute Gasteiger partial charge is 0.465 e. The highest BCUT2D eigenvalue weighted by atomic mass is 16.5. The van der Waals surface area contributed by atoms with Crippen LogP contribution in [0.5, 0.6) is 0 Å². The molecule has 2 heteroatoms. The lowest BCUT2D eigenvalue weighted by Crippen LogP contribution is -2.35. The van der Waals surface area contributed by atoms with Gasteiger partial charge in [0.1, 0.15) is 0 Å². The lowest BCUT2D eigenvalue weighted by atomic mass is 9.69. The number of carbonyl (C=O) groups excluding carboxylic acids is 1. The van der Waals surface area contributed by atoms with Crippen molar-refractivity contribution in [1.82, 2.24) is 0 Å². The second-order valence-electron chi connectivity index (χ2n) is 4.76. The molecule has 4 atom stereocenters. The summed E-state index contributed by atoms with van der Waals surface area (Å²) in [5.41, 5.74) is -0.0804. The molecule has 2 aliphatic carbocycles. The second kappa shape index (κ2) is 1.86. The molecule has 66 valence electrons. The first-order valence-electron chi connectivity index (χ1n) is 4.90. The fourth-order valence-electron chi connectivity index (χ4n) is 3.67. The van der Waals surface area contributed by atoms with E-state index in [4.69, 9.17) is 4.74 Å². The molecule has 12 heavy (non-hydrogen) atoms. The van der Waals surface area contributed by atoms with Crippen LogP contribution < -0.4 is 0 Å². The number of cyclic esters (lactones) is 1. The molecule has 0 N–H and O–H groups in total. The molecule has 1 aliphatic heterocycles. The Hall–Kier alpha value is -0.530. The van der Waals surface area contributed by atoms with Gasteiger partial charge in [-0.1, -0.05) is 0 Å². The number of fused-ring (bicyclic) bond motifs is 5. The van der Waals surface area contributed by atoms with Crippen molar-refractivity contribution < 1.29 is 9.53 Å². The summed E-state index contributed by atoms with van der Waals surface area (Å²) in [4.78, 5) is 11.5. The average Bonchev–Trinajstić information content (AvgIpc) is 2.65. The minimum absolute atomic E-state index is 0.0804. The molecule has 1 heterocycles. The zero-order valence-electron chi connectivity index (χ0n) is 7.38. The highest BCUT2D eigenvalue weighted by molar-refractivity contribution is 5.80. The van der Waals surface area contributed by atoms with E-state index < -0.39 is 0 Å². The molecule has 3 fully saturated rings. The van der Waals surface area contributed by atoms with Crippen molar-refractivity contribution in [3.63, 3.8) is 0 Å². The van der Waals surface area contributed by atoms with E-state index in [1.54, 1.807) is 0 Å². The van der Waals surface area contributed by atoms with Crippen molar-refractivity contribution in [3.8, 4) is 0 Å². The fourth-order valence-corrected chi connectivity index (χ4v) is 3.67. The minimum Gasteiger partial charge on any atom is -0.465 e. The number of hydrogen-bond acceptors (Lipinski definition) is 2. The molecule has 0 radical (unpaired) electrons. The molecule has 0 spiro atoms. The third-order valence-electron chi connectivity index (χ3n) is 4.49. The van der Waals surface area contributed by atoms with Crippen LogP contribution in [0.25, 0.3) is 0 Å². The molecule has 0 aromatic rings. The predicted octanol–water partition coefficient (Wildman–Crippen LogP) is 1.60. The third-order valence-corrected chi connectivity index (χ3v) is 4.49. The number of ether oxygens (including phenoxy) is 1. The molecule has 0 amide bonds. The van der Waals surface area contributed by atoms with Crippen molar-refractivity contribution in [3.05, 3.63) is 0 Å². The van der Waals surface area contributed by atoms with E-state index in [-0.39, 0.29) is 11.4 Å². The summed E-state index contributed by atoms with van der Waals surface area (Å²) in [6.07, 6.45) is 3.88. The van der Waals surface area contributed by atoms with Crippen LogP contribution >= 0.6 is 0 Å². The van der Waals surface area contributed by atoms with Crippen LogP contribution in [0, 0.1) is 23.2 Å². The first-order chi connectivity index (χ1) is 5.73. The van der Waals surface area contributed by atoms with E-state index in [2.05, 4.69) is 6.92 Å². The molecule has 2 unspecified atom stereocenters. The van der Waals surface area contributed by atoms with Crippen molar-refractivity contribution in [2.75, 3.05) is 6.61 Å². The summed E-state index contributed by atoms with van der Waals surface area (Å²) in [7, 11) is 0. The first kappa shape index (κ1) is 6.93. The van der Waals surface area contributed by atoms with Crippen LogP contribution in [0.3, 0.4) is 0 Å². The topological polar surface area (TPSA) is 26.3 Å². The smallest absolute Gasteiger partial charge is 0.312 e. The van der Waals surface area contributed by atoms with Gasteiger partial charge in [-0.2, -0.15) is 0 Å². The Labute approximate surface area is 72.3 Å². The zero-order chi connectivity index (χ0) is 8.34. The summed E-state index contributed by atoms with van der Waals surface area (Å²) in [6, 6.07) is 0. The maximum atomic E-state index is 11.5. The van der Waals surface area contributed by atoms with Gasteiger partial charge >= 0.3 is 5.97 Å². The van der Waals surface area contributed by atoms with E-state index in [0.29, 0.717) is 18.4 Å². The normalized spacial score (nSPS) is 55.8. The third kappa shape index (κ3) is 0.540. The van der Waals surface area contributed by atoms with E-state index >= 15 is 0 Å². The zero-order valence-corrected chi connectivity index (χ0v) is 7.38. The Bertz CT molecular complexity index is 248. The Morgan fingerprint density at radius 3 is 3.08 bits per heavy atom. The van der Waals surface area contributed by atoms with Gasteiger partial charge in [0.15, 0.2) is 0 Å². The summed E-state index contributed by atoms with van der Waals surface area (Å²) in [5, 5.41) is 0. The summed E-state index contributed by atoms with van der Waals surface area (Å²) in [5.74, 6) is 2.08. The average molecular weight is 166 g/mol. The van der Waals surface area contributed by atoms with Gasteiger partial charge in [0.05, 0.1) is 12.0 Å². The van der Waals surface area contributed by atoms with Gasteiger partial charge in [-0.05, 0) is 38.0 Å². The van der Waals surface area contributed by atoms with E-state index in [1.807, 2.05) is 0 Å². The van der Waals surface area contributed by atoms with Crippen LogP contribution in [-0.2, 0) is 9.53 Å². The Kier molecular flexibility index (Phi) is 1.07. The maximum absolute atomic E-state index is 11.5. The Morgan fingerprint density at radius 1 is 1.50 bits per heavy atom. The molecule has 2 bridgehead atoms. The minimum atomic E-state index is -0.0804. The fraction of sp³-hybridized carbons (Fsp3) is 0.900. The number of rotatable bonds is 0. The lowest BCUT2D eigenvalue weighted by Gasteiger charge is -2.30. The lowest BCUT2D eigenvalue weighted by molar-refractivity contribution is -0.147. The highest BCUT2D eigenvalue weighted by Crippen LogP contribution is 2.62. The van der Waals surface area contributed by atoms with Crippen LogP contribution in [0.15, 0.2) is 0 Å². The van der Waals surface area contributed by atoms with Crippen molar-refractivity contribution in [2.24, 2.45) is 23.2 Å². The Morgan fingerprint density at radius 2 is 2.33 bits per heavy atom. The highest BCUT2D eigenvalue weighted by Gasteiger charge is 2.63. The number of carbonyl (C=O) groups is 1. The quantitative estimate of drug-likeness (QED) is 0.511. The molecular weight excluding hydrogens is 152 g/mol. The summed E-state index contributed by atoms with van der Waals surface area (Å²) < 4.78 is 5.16. The van der Waals surface area contributed by atoms with Crippen LogP contribution in [-0.4, -0.2) is 12.6 Å². The number of esters is 1. The summed E-state index contributed by atoms with van der Waals surface area (Å²) >= 11 is 0. The van der Waals surface area contributed by atoms with Crippen molar-refractivity contribution in [1.29, 1.82) is 0 Å². The van der Waals surface area contributed by atoms with Gasteiger partial charge in [0.25, 0.3) is 0 Å². The van der Waals surface area contributed by atoms with Crippen LogP contribution in [0.1, 0.15) is 26.2 Å². The SMILES string of the molecule is C[C@]12C(=O)OC[C@H]1C1CCC2C1.